The van der Waals surface area contributed by atoms with Gasteiger partial charge < -0.3 is 15.3 Å². The number of hydrogen-bond acceptors (Lipinski definition) is 4. The van der Waals surface area contributed by atoms with Crippen LogP contribution in [0.5, 0.6) is 0 Å². The van der Waals surface area contributed by atoms with Crippen LogP contribution in [-0.4, -0.2) is 61.1 Å². The summed E-state index contributed by atoms with van der Waals surface area (Å²) in [6.07, 6.45) is 0.285. The average Bonchev–Trinajstić information content (AvgIpc) is 2.25. The van der Waals surface area contributed by atoms with E-state index in [-0.39, 0.29) is 31.0 Å². The molecule has 0 aromatic carbocycles. The van der Waals surface area contributed by atoms with Gasteiger partial charge in [0, 0.05) is 13.1 Å². The average molecular weight is 264 g/mol. The molecule has 1 rings (SSSR count). The van der Waals surface area contributed by atoms with Crippen molar-refractivity contribution in [2.45, 2.75) is 19.4 Å². The SMILES string of the molecule is CCC(NC(=O)N1CCS(=O)(=O)CC1)C(=O)O. The molecule has 0 radical (unpaired) electrons. The summed E-state index contributed by atoms with van der Waals surface area (Å²) >= 11 is 0. The summed E-state index contributed by atoms with van der Waals surface area (Å²) in [6.45, 7) is 1.88. The summed E-state index contributed by atoms with van der Waals surface area (Å²) in [5, 5.41) is 11.1. The summed E-state index contributed by atoms with van der Waals surface area (Å²) in [5.41, 5.74) is 0. The topological polar surface area (TPSA) is 104 Å². The van der Waals surface area contributed by atoms with Crippen LogP contribution in [0.3, 0.4) is 0 Å². The second-order valence-corrected chi connectivity index (χ2v) is 6.19. The smallest absolute Gasteiger partial charge is 0.326 e. The van der Waals surface area contributed by atoms with Crippen molar-refractivity contribution in [3.05, 3.63) is 0 Å². The van der Waals surface area contributed by atoms with Crippen molar-refractivity contribution in [3.63, 3.8) is 0 Å². The third-order valence-electron chi connectivity index (χ3n) is 2.64. The second-order valence-electron chi connectivity index (χ2n) is 3.89. The first kappa shape index (κ1) is 13.8. The number of urea groups is 1. The number of carbonyl (C=O) groups excluding carboxylic acids is 1. The predicted molar refractivity (Wildman–Crippen MR) is 60.5 cm³/mol. The summed E-state index contributed by atoms with van der Waals surface area (Å²) in [7, 11) is -3.04. The lowest BCUT2D eigenvalue weighted by molar-refractivity contribution is -0.139. The van der Waals surface area contributed by atoms with E-state index in [4.69, 9.17) is 5.11 Å². The fourth-order valence-corrected chi connectivity index (χ4v) is 2.70. The van der Waals surface area contributed by atoms with Gasteiger partial charge in [-0.15, -0.1) is 0 Å². The molecule has 98 valence electrons. The summed E-state index contributed by atoms with van der Waals surface area (Å²) in [4.78, 5) is 23.7. The van der Waals surface area contributed by atoms with Gasteiger partial charge in [0.2, 0.25) is 0 Å². The van der Waals surface area contributed by atoms with Gasteiger partial charge in [-0.25, -0.2) is 18.0 Å². The van der Waals surface area contributed by atoms with Gasteiger partial charge in [0.05, 0.1) is 11.5 Å². The van der Waals surface area contributed by atoms with Crippen molar-refractivity contribution in [2.24, 2.45) is 0 Å². The van der Waals surface area contributed by atoms with E-state index >= 15 is 0 Å². The van der Waals surface area contributed by atoms with E-state index in [1.807, 2.05) is 0 Å². The van der Waals surface area contributed by atoms with Gasteiger partial charge in [-0.2, -0.15) is 0 Å². The number of carbonyl (C=O) groups is 2. The third-order valence-corrected chi connectivity index (χ3v) is 4.24. The number of carboxylic acids is 1. The van der Waals surface area contributed by atoms with Crippen molar-refractivity contribution in [1.82, 2.24) is 10.2 Å². The number of amides is 2. The Hall–Kier alpha value is -1.31. The Labute approximate surface area is 99.7 Å². The highest BCUT2D eigenvalue weighted by Gasteiger charge is 2.27. The summed E-state index contributed by atoms with van der Waals surface area (Å²) in [5.74, 6) is -1.22. The normalized spacial score (nSPS) is 20.6. The van der Waals surface area contributed by atoms with Gasteiger partial charge in [0.1, 0.15) is 6.04 Å². The number of carboxylic acid groups (broad SMARTS) is 1. The molecule has 1 aliphatic rings. The zero-order valence-electron chi connectivity index (χ0n) is 9.55. The van der Waals surface area contributed by atoms with Crippen LogP contribution in [0, 0.1) is 0 Å². The number of rotatable bonds is 3. The number of hydrogen-bond donors (Lipinski definition) is 2. The van der Waals surface area contributed by atoms with Crippen LogP contribution < -0.4 is 5.32 Å². The minimum atomic E-state index is -3.04. The molecule has 0 spiro atoms. The van der Waals surface area contributed by atoms with E-state index in [0.29, 0.717) is 0 Å². The van der Waals surface area contributed by atoms with E-state index in [9.17, 15) is 18.0 Å². The highest BCUT2D eigenvalue weighted by Crippen LogP contribution is 2.04. The molecule has 0 aliphatic carbocycles. The maximum atomic E-state index is 11.6. The standard InChI is InChI=1S/C9H16N2O5S/c1-2-7(8(12)13)10-9(14)11-3-5-17(15,16)6-4-11/h7H,2-6H2,1H3,(H,10,14)(H,12,13). The zero-order chi connectivity index (χ0) is 13.1. The third kappa shape index (κ3) is 3.88. The Kier molecular flexibility index (Phi) is 4.33. The highest BCUT2D eigenvalue weighted by atomic mass is 32.2. The molecule has 1 aliphatic heterocycles. The van der Waals surface area contributed by atoms with E-state index < -0.39 is 27.9 Å². The number of nitrogens with zero attached hydrogens (tertiary/aromatic N) is 1. The van der Waals surface area contributed by atoms with Gasteiger partial charge in [0.25, 0.3) is 0 Å². The minimum absolute atomic E-state index is 0.0652. The Balaban J connectivity index is 2.52. The first-order valence-electron chi connectivity index (χ1n) is 5.34. The van der Waals surface area contributed by atoms with Gasteiger partial charge >= 0.3 is 12.0 Å². The van der Waals surface area contributed by atoms with Crippen molar-refractivity contribution in [3.8, 4) is 0 Å². The lowest BCUT2D eigenvalue weighted by atomic mass is 10.2. The molecule has 1 unspecified atom stereocenters. The molecule has 8 heteroatoms. The molecule has 0 bridgehead atoms. The molecule has 1 atom stereocenters. The molecule has 0 aromatic heterocycles. The van der Waals surface area contributed by atoms with Gasteiger partial charge in [0.15, 0.2) is 9.84 Å². The first-order chi connectivity index (χ1) is 7.85. The number of nitrogens with one attached hydrogen (secondary N) is 1. The number of sulfone groups is 1. The van der Waals surface area contributed by atoms with Crippen LogP contribution in [0.1, 0.15) is 13.3 Å². The molecule has 1 fully saturated rings. The Morgan fingerprint density at radius 1 is 1.35 bits per heavy atom. The monoisotopic (exact) mass is 264 g/mol. The van der Waals surface area contributed by atoms with Crippen LogP contribution >= 0.6 is 0 Å². The van der Waals surface area contributed by atoms with Crippen molar-refractivity contribution in [1.29, 1.82) is 0 Å². The minimum Gasteiger partial charge on any atom is -0.480 e. The van der Waals surface area contributed by atoms with Gasteiger partial charge in [-0.3, -0.25) is 0 Å². The summed E-state index contributed by atoms with van der Waals surface area (Å²) < 4.78 is 22.3. The quantitative estimate of drug-likeness (QED) is 0.700. The maximum absolute atomic E-state index is 11.6. The lowest BCUT2D eigenvalue weighted by Gasteiger charge is -2.28. The van der Waals surface area contributed by atoms with Crippen LogP contribution in [0.25, 0.3) is 0 Å². The highest BCUT2D eigenvalue weighted by molar-refractivity contribution is 7.91. The van der Waals surface area contributed by atoms with Gasteiger partial charge in [-0.1, -0.05) is 6.92 Å². The molecule has 0 saturated carbocycles. The number of aliphatic carboxylic acids is 1. The lowest BCUT2D eigenvalue weighted by Crippen LogP contribution is -2.52. The Morgan fingerprint density at radius 3 is 2.29 bits per heavy atom. The van der Waals surface area contributed by atoms with Crippen LogP contribution in [0.2, 0.25) is 0 Å². The molecule has 1 heterocycles. The Bertz CT molecular complexity index is 392. The second kappa shape index (κ2) is 5.35. The fourth-order valence-electron chi connectivity index (χ4n) is 1.49. The Morgan fingerprint density at radius 2 is 1.88 bits per heavy atom. The largest absolute Gasteiger partial charge is 0.480 e. The van der Waals surface area contributed by atoms with E-state index in [1.54, 1.807) is 6.92 Å². The van der Waals surface area contributed by atoms with E-state index in [0.717, 1.165) is 0 Å². The van der Waals surface area contributed by atoms with Crippen LogP contribution in [0.4, 0.5) is 4.79 Å². The van der Waals surface area contributed by atoms with Crippen molar-refractivity contribution >= 4 is 21.8 Å². The molecule has 2 amide bonds. The fraction of sp³-hybridized carbons (Fsp3) is 0.778. The van der Waals surface area contributed by atoms with Crippen molar-refractivity contribution < 1.29 is 23.1 Å². The first-order valence-corrected chi connectivity index (χ1v) is 7.16. The maximum Gasteiger partial charge on any atom is 0.326 e. The van der Waals surface area contributed by atoms with Gasteiger partial charge in [-0.05, 0) is 6.42 Å². The zero-order valence-corrected chi connectivity index (χ0v) is 10.4. The predicted octanol–water partition coefficient (Wildman–Crippen LogP) is -0.710. The molecule has 0 aromatic rings. The molecule has 1 saturated heterocycles. The summed E-state index contributed by atoms with van der Waals surface area (Å²) in [6, 6.07) is -1.45. The molecular formula is C9H16N2O5S. The van der Waals surface area contributed by atoms with Crippen LogP contribution in [0.15, 0.2) is 0 Å². The van der Waals surface area contributed by atoms with Crippen molar-refractivity contribution in [2.75, 3.05) is 24.6 Å². The van der Waals surface area contributed by atoms with E-state index in [1.165, 1.54) is 4.90 Å². The molecular weight excluding hydrogens is 248 g/mol. The van der Waals surface area contributed by atoms with E-state index in [2.05, 4.69) is 5.32 Å². The molecule has 2 N–H and O–H groups in total. The van der Waals surface area contributed by atoms with Crippen LogP contribution in [-0.2, 0) is 14.6 Å². The molecule has 17 heavy (non-hydrogen) atoms. The molecule has 7 nitrogen and oxygen atoms in total.